The van der Waals surface area contributed by atoms with E-state index in [-0.39, 0.29) is 25.1 Å². The van der Waals surface area contributed by atoms with Gasteiger partial charge in [0.15, 0.2) is 5.96 Å². The predicted molar refractivity (Wildman–Crippen MR) is 81.7 cm³/mol. The van der Waals surface area contributed by atoms with Crippen LogP contribution in [0.1, 0.15) is 13.8 Å². The number of hydrogen-bond donors (Lipinski definition) is 4. The molecule has 0 aliphatic heterocycles. The van der Waals surface area contributed by atoms with Crippen LogP contribution >= 0.6 is 0 Å². The SMILES string of the molecule is CC(C)NS(=O)(=O)NCCN=C(N)Nc1ccccc1. The first-order valence-electron chi connectivity index (χ1n) is 6.28. The van der Waals surface area contributed by atoms with E-state index in [4.69, 9.17) is 5.73 Å². The average Bonchev–Trinajstić information content (AvgIpc) is 2.34. The maximum atomic E-state index is 11.5. The molecule has 7 nitrogen and oxygen atoms in total. The highest BCUT2D eigenvalue weighted by Gasteiger charge is 2.09. The Hall–Kier alpha value is -1.64. The van der Waals surface area contributed by atoms with Crippen molar-refractivity contribution < 1.29 is 8.42 Å². The van der Waals surface area contributed by atoms with Crippen molar-refractivity contribution in [2.75, 3.05) is 18.4 Å². The Morgan fingerprint density at radius 2 is 1.95 bits per heavy atom. The molecule has 0 bridgehead atoms. The standard InChI is InChI=1S/C12H21N5O2S/c1-10(2)17-20(18,19)15-9-8-14-12(13)16-11-6-4-3-5-7-11/h3-7,10,15,17H,8-9H2,1-2H3,(H3,13,14,16). The third kappa shape index (κ3) is 7.07. The molecule has 0 aromatic heterocycles. The lowest BCUT2D eigenvalue weighted by Crippen LogP contribution is -2.41. The van der Waals surface area contributed by atoms with Gasteiger partial charge in [0.1, 0.15) is 0 Å². The minimum atomic E-state index is -3.47. The summed E-state index contributed by atoms with van der Waals surface area (Å²) in [7, 11) is -3.47. The van der Waals surface area contributed by atoms with Crippen molar-refractivity contribution in [2.24, 2.45) is 10.7 Å². The predicted octanol–water partition coefficient (Wildman–Crippen LogP) is 0.246. The number of nitrogens with two attached hydrogens (primary N) is 1. The van der Waals surface area contributed by atoms with E-state index < -0.39 is 10.2 Å². The number of hydrogen-bond acceptors (Lipinski definition) is 3. The first kappa shape index (κ1) is 16.4. The Morgan fingerprint density at radius 3 is 2.55 bits per heavy atom. The normalized spacial score (nSPS) is 12.7. The largest absolute Gasteiger partial charge is 0.370 e. The molecule has 0 unspecified atom stereocenters. The molecule has 0 heterocycles. The Bertz CT molecular complexity index is 528. The number of benzene rings is 1. The first-order valence-corrected chi connectivity index (χ1v) is 7.76. The van der Waals surface area contributed by atoms with Crippen LogP contribution in [0.4, 0.5) is 5.69 Å². The quantitative estimate of drug-likeness (QED) is 0.328. The van der Waals surface area contributed by atoms with Gasteiger partial charge < -0.3 is 11.1 Å². The van der Waals surface area contributed by atoms with Crippen LogP contribution < -0.4 is 20.5 Å². The van der Waals surface area contributed by atoms with E-state index in [0.29, 0.717) is 0 Å². The summed E-state index contributed by atoms with van der Waals surface area (Å²) in [6.45, 7) is 3.93. The van der Waals surface area contributed by atoms with E-state index >= 15 is 0 Å². The fourth-order valence-corrected chi connectivity index (χ4v) is 2.48. The van der Waals surface area contributed by atoms with Crippen molar-refractivity contribution in [1.82, 2.24) is 9.44 Å². The van der Waals surface area contributed by atoms with Crippen LogP contribution in [0, 0.1) is 0 Å². The molecule has 5 N–H and O–H groups in total. The van der Waals surface area contributed by atoms with Gasteiger partial charge in [-0.05, 0) is 26.0 Å². The van der Waals surface area contributed by atoms with E-state index in [0.717, 1.165) is 5.69 Å². The van der Waals surface area contributed by atoms with E-state index in [1.54, 1.807) is 13.8 Å². The molecule has 0 aliphatic rings. The summed E-state index contributed by atoms with van der Waals surface area (Å²) < 4.78 is 27.7. The number of rotatable bonds is 7. The van der Waals surface area contributed by atoms with Gasteiger partial charge in [-0.15, -0.1) is 0 Å². The van der Waals surface area contributed by atoms with Gasteiger partial charge in [-0.2, -0.15) is 13.1 Å². The molecule has 0 spiro atoms. The molecule has 0 saturated carbocycles. The molecule has 8 heteroatoms. The monoisotopic (exact) mass is 299 g/mol. The fraction of sp³-hybridized carbons (Fsp3) is 0.417. The van der Waals surface area contributed by atoms with Crippen molar-refractivity contribution in [2.45, 2.75) is 19.9 Å². The molecule has 112 valence electrons. The van der Waals surface area contributed by atoms with Crippen LogP contribution in [0.25, 0.3) is 0 Å². The smallest absolute Gasteiger partial charge is 0.277 e. The highest BCUT2D eigenvalue weighted by Crippen LogP contribution is 2.03. The van der Waals surface area contributed by atoms with Gasteiger partial charge in [-0.1, -0.05) is 18.2 Å². The molecule has 0 atom stereocenters. The average molecular weight is 299 g/mol. The van der Waals surface area contributed by atoms with E-state index in [9.17, 15) is 8.42 Å². The van der Waals surface area contributed by atoms with Crippen LogP contribution in [0.3, 0.4) is 0 Å². The van der Waals surface area contributed by atoms with Crippen molar-refractivity contribution in [3.05, 3.63) is 30.3 Å². The highest BCUT2D eigenvalue weighted by atomic mass is 32.2. The van der Waals surface area contributed by atoms with Crippen LogP contribution in [-0.2, 0) is 10.2 Å². The first-order chi connectivity index (χ1) is 9.39. The van der Waals surface area contributed by atoms with Crippen LogP contribution in [0.2, 0.25) is 0 Å². The maximum absolute atomic E-state index is 11.5. The molecular weight excluding hydrogens is 278 g/mol. The topological polar surface area (TPSA) is 109 Å². The van der Waals surface area contributed by atoms with E-state index in [1.807, 2.05) is 30.3 Å². The number of nitrogens with one attached hydrogen (secondary N) is 3. The Balaban J connectivity index is 2.34. The molecule has 0 aliphatic carbocycles. The Kier molecular flexibility index (Phi) is 6.43. The second-order valence-electron chi connectivity index (χ2n) is 4.43. The zero-order valence-corrected chi connectivity index (χ0v) is 12.4. The molecular formula is C12H21N5O2S. The van der Waals surface area contributed by atoms with E-state index in [1.165, 1.54) is 0 Å². The van der Waals surface area contributed by atoms with Crippen molar-refractivity contribution in [3.63, 3.8) is 0 Å². The number of aliphatic imine (C=N–C) groups is 1. The molecule has 1 rings (SSSR count). The summed E-state index contributed by atoms with van der Waals surface area (Å²) in [5.41, 5.74) is 6.51. The van der Waals surface area contributed by atoms with E-state index in [2.05, 4.69) is 19.8 Å². The van der Waals surface area contributed by atoms with Crippen molar-refractivity contribution in [1.29, 1.82) is 0 Å². The minimum absolute atomic E-state index is 0.152. The van der Waals surface area contributed by atoms with Crippen molar-refractivity contribution >= 4 is 21.9 Å². The molecule has 0 saturated heterocycles. The van der Waals surface area contributed by atoms with Crippen LogP contribution in [0.5, 0.6) is 0 Å². The summed E-state index contributed by atoms with van der Waals surface area (Å²) in [5, 5.41) is 2.91. The van der Waals surface area contributed by atoms with Gasteiger partial charge in [0, 0.05) is 18.3 Å². The lowest BCUT2D eigenvalue weighted by molar-refractivity contribution is 0.555. The Labute approximate surface area is 119 Å². The molecule has 0 amide bonds. The molecule has 20 heavy (non-hydrogen) atoms. The summed E-state index contributed by atoms with van der Waals surface area (Å²) in [6.07, 6.45) is 0. The lowest BCUT2D eigenvalue weighted by Gasteiger charge is -2.10. The number of guanidine groups is 1. The van der Waals surface area contributed by atoms with Gasteiger partial charge in [0.05, 0.1) is 6.54 Å². The van der Waals surface area contributed by atoms with Gasteiger partial charge in [-0.25, -0.2) is 4.72 Å². The van der Waals surface area contributed by atoms with Crippen molar-refractivity contribution in [3.8, 4) is 0 Å². The maximum Gasteiger partial charge on any atom is 0.277 e. The molecule has 0 fully saturated rings. The lowest BCUT2D eigenvalue weighted by atomic mass is 10.3. The molecule has 1 aromatic rings. The van der Waals surface area contributed by atoms with Crippen LogP contribution in [-0.4, -0.2) is 33.5 Å². The second kappa shape index (κ2) is 7.83. The van der Waals surface area contributed by atoms with Gasteiger partial charge in [-0.3, -0.25) is 4.99 Å². The molecule has 1 aromatic carbocycles. The summed E-state index contributed by atoms with van der Waals surface area (Å²) in [6, 6.07) is 9.22. The van der Waals surface area contributed by atoms with Gasteiger partial charge in [0.2, 0.25) is 0 Å². The number of para-hydroxylation sites is 1. The van der Waals surface area contributed by atoms with Gasteiger partial charge in [0.25, 0.3) is 10.2 Å². The minimum Gasteiger partial charge on any atom is -0.370 e. The zero-order valence-electron chi connectivity index (χ0n) is 11.6. The molecule has 0 radical (unpaired) electrons. The zero-order chi connectivity index (χ0) is 15.0. The number of nitrogens with zero attached hydrogens (tertiary/aromatic N) is 1. The summed E-state index contributed by atoms with van der Waals surface area (Å²) >= 11 is 0. The summed E-state index contributed by atoms with van der Waals surface area (Å²) in [4.78, 5) is 4.03. The summed E-state index contributed by atoms with van der Waals surface area (Å²) in [5.74, 6) is 0.243. The third-order valence-corrected chi connectivity index (χ3v) is 3.49. The second-order valence-corrected chi connectivity index (χ2v) is 5.96. The number of anilines is 1. The van der Waals surface area contributed by atoms with Gasteiger partial charge >= 0.3 is 0 Å². The third-order valence-electron chi connectivity index (χ3n) is 2.12. The Morgan fingerprint density at radius 1 is 1.30 bits per heavy atom. The fourth-order valence-electron chi connectivity index (χ4n) is 1.42. The van der Waals surface area contributed by atoms with Crippen LogP contribution in [0.15, 0.2) is 35.3 Å². The highest BCUT2D eigenvalue weighted by molar-refractivity contribution is 7.87.